The third kappa shape index (κ3) is 4.51. The summed E-state index contributed by atoms with van der Waals surface area (Å²) < 4.78 is 0. The molecule has 1 fully saturated rings. The molecule has 1 saturated carbocycles. The van der Waals surface area contributed by atoms with Crippen LogP contribution in [0.25, 0.3) is 0 Å². The summed E-state index contributed by atoms with van der Waals surface area (Å²) in [7, 11) is 0. The van der Waals surface area contributed by atoms with Gasteiger partial charge in [0, 0.05) is 12.6 Å². The molecule has 1 aliphatic rings. The molecular formula is C22H26N2O2. The molecule has 0 saturated heterocycles. The molecule has 4 nitrogen and oxygen atoms in total. The Morgan fingerprint density at radius 2 is 1.58 bits per heavy atom. The predicted octanol–water partition coefficient (Wildman–Crippen LogP) is 3.69. The number of hydrogen-bond acceptors (Lipinski definition) is 2. The molecule has 1 unspecified atom stereocenters. The summed E-state index contributed by atoms with van der Waals surface area (Å²) in [6, 6.07) is 19.5. The van der Waals surface area contributed by atoms with Crippen LogP contribution in [-0.2, 0) is 16.1 Å². The number of amides is 2. The van der Waals surface area contributed by atoms with Crippen molar-refractivity contribution in [3.05, 3.63) is 71.8 Å². The second-order valence-electron chi connectivity index (χ2n) is 7.21. The monoisotopic (exact) mass is 350 g/mol. The van der Waals surface area contributed by atoms with Crippen molar-refractivity contribution in [3.63, 3.8) is 0 Å². The third-order valence-corrected chi connectivity index (χ3v) is 4.81. The van der Waals surface area contributed by atoms with Crippen molar-refractivity contribution in [1.29, 1.82) is 0 Å². The van der Waals surface area contributed by atoms with E-state index in [-0.39, 0.29) is 12.1 Å². The number of hydrogen-bond donors (Lipinski definition) is 1. The molecule has 2 amide bonds. The summed E-state index contributed by atoms with van der Waals surface area (Å²) in [4.78, 5) is 27.1. The number of benzene rings is 2. The number of nitrogens with zero attached hydrogens (tertiary/aromatic N) is 1. The smallest absolute Gasteiger partial charge is 0.312 e. The largest absolute Gasteiger partial charge is 0.341 e. The molecule has 0 spiro atoms. The van der Waals surface area contributed by atoms with Crippen LogP contribution < -0.4 is 5.32 Å². The Labute approximate surface area is 155 Å². The van der Waals surface area contributed by atoms with E-state index in [1.807, 2.05) is 74.5 Å². The molecule has 0 radical (unpaired) electrons. The average molecular weight is 350 g/mol. The van der Waals surface area contributed by atoms with Crippen molar-refractivity contribution < 1.29 is 9.59 Å². The number of rotatable bonds is 6. The maximum Gasteiger partial charge on any atom is 0.312 e. The van der Waals surface area contributed by atoms with Crippen molar-refractivity contribution in [2.45, 2.75) is 45.3 Å². The lowest BCUT2D eigenvalue weighted by Crippen LogP contribution is -2.46. The first-order valence-electron chi connectivity index (χ1n) is 9.26. The van der Waals surface area contributed by atoms with Gasteiger partial charge in [-0.25, -0.2) is 0 Å². The summed E-state index contributed by atoms with van der Waals surface area (Å²) in [5, 5.41) is 2.99. The van der Waals surface area contributed by atoms with E-state index in [0.29, 0.717) is 12.5 Å². The van der Waals surface area contributed by atoms with Gasteiger partial charge in [0.1, 0.15) is 0 Å². The molecule has 26 heavy (non-hydrogen) atoms. The topological polar surface area (TPSA) is 49.4 Å². The van der Waals surface area contributed by atoms with Gasteiger partial charge in [-0.15, -0.1) is 0 Å². The summed E-state index contributed by atoms with van der Waals surface area (Å²) in [6.07, 6.45) is 2.18. The van der Waals surface area contributed by atoms with Crippen molar-refractivity contribution >= 4 is 11.8 Å². The minimum Gasteiger partial charge on any atom is -0.341 e. The highest BCUT2D eigenvalue weighted by Gasteiger charge is 2.35. The van der Waals surface area contributed by atoms with Crippen LogP contribution in [0, 0.1) is 5.92 Å². The van der Waals surface area contributed by atoms with Gasteiger partial charge in [0.05, 0.1) is 6.04 Å². The highest BCUT2D eigenvalue weighted by molar-refractivity contribution is 6.35. The van der Waals surface area contributed by atoms with Crippen LogP contribution in [0.5, 0.6) is 0 Å². The molecule has 2 aromatic rings. The van der Waals surface area contributed by atoms with Crippen molar-refractivity contribution in [3.8, 4) is 0 Å². The zero-order valence-corrected chi connectivity index (χ0v) is 15.4. The molecule has 0 aromatic heterocycles. The Morgan fingerprint density at radius 3 is 2.12 bits per heavy atom. The van der Waals surface area contributed by atoms with Gasteiger partial charge < -0.3 is 10.2 Å². The quantitative estimate of drug-likeness (QED) is 0.808. The third-order valence-electron chi connectivity index (χ3n) is 4.81. The lowest BCUT2D eigenvalue weighted by Gasteiger charge is -2.27. The van der Waals surface area contributed by atoms with E-state index in [4.69, 9.17) is 0 Å². The number of carbonyl (C=O) groups excluding carboxylic acids is 2. The minimum absolute atomic E-state index is 0.0513. The van der Waals surface area contributed by atoms with Crippen LogP contribution in [0.1, 0.15) is 43.9 Å². The Hall–Kier alpha value is -2.62. The van der Waals surface area contributed by atoms with Crippen molar-refractivity contribution in [2.75, 3.05) is 0 Å². The summed E-state index contributed by atoms with van der Waals surface area (Å²) >= 11 is 0. The van der Waals surface area contributed by atoms with E-state index >= 15 is 0 Å². The fourth-order valence-corrected chi connectivity index (χ4v) is 3.17. The first kappa shape index (κ1) is 18.2. The summed E-state index contributed by atoms with van der Waals surface area (Å²) in [5.74, 6) is -0.559. The lowest BCUT2D eigenvalue weighted by atomic mass is 10.0. The van der Waals surface area contributed by atoms with Gasteiger partial charge in [-0.2, -0.15) is 0 Å². The number of carbonyl (C=O) groups is 2. The van der Waals surface area contributed by atoms with Crippen LogP contribution in [0.15, 0.2) is 60.7 Å². The average Bonchev–Trinajstić information content (AvgIpc) is 3.50. The van der Waals surface area contributed by atoms with Gasteiger partial charge in [-0.1, -0.05) is 60.7 Å². The Morgan fingerprint density at radius 1 is 1.00 bits per heavy atom. The molecule has 1 aliphatic carbocycles. The van der Waals surface area contributed by atoms with Crippen LogP contribution >= 0.6 is 0 Å². The normalized spacial score (nSPS) is 14.7. The van der Waals surface area contributed by atoms with Crippen LogP contribution in [0.3, 0.4) is 0 Å². The first-order valence-corrected chi connectivity index (χ1v) is 9.26. The Bertz CT molecular complexity index is 739. The second kappa shape index (κ2) is 8.17. The zero-order valence-electron chi connectivity index (χ0n) is 15.4. The van der Waals surface area contributed by atoms with Crippen LogP contribution in [0.4, 0.5) is 0 Å². The van der Waals surface area contributed by atoms with Gasteiger partial charge in [0.25, 0.3) is 0 Å². The highest BCUT2D eigenvalue weighted by atomic mass is 16.2. The predicted molar refractivity (Wildman–Crippen MR) is 102 cm³/mol. The molecule has 2 aromatic carbocycles. The molecule has 4 heteroatoms. The minimum atomic E-state index is -0.518. The SMILES string of the molecule is CC(C)N(Cc1ccccc1)C(=O)C(=O)NC(c1ccccc1)C1CC1. The van der Waals surface area contributed by atoms with Gasteiger partial charge in [-0.05, 0) is 43.7 Å². The second-order valence-corrected chi connectivity index (χ2v) is 7.21. The lowest BCUT2D eigenvalue weighted by molar-refractivity contribution is -0.148. The molecular weight excluding hydrogens is 324 g/mol. The maximum absolute atomic E-state index is 12.8. The van der Waals surface area contributed by atoms with Crippen molar-refractivity contribution in [2.24, 2.45) is 5.92 Å². The molecule has 1 N–H and O–H groups in total. The van der Waals surface area contributed by atoms with Gasteiger partial charge in [-0.3, -0.25) is 9.59 Å². The Kier molecular flexibility index (Phi) is 5.71. The molecule has 0 bridgehead atoms. The highest BCUT2D eigenvalue weighted by Crippen LogP contribution is 2.40. The zero-order chi connectivity index (χ0) is 18.5. The van der Waals surface area contributed by atoms with E-state index in [2.05, 4.69) is 5.32 Å². The van der Waals surface area contributed by atoms with E-state index in [1.165, 1.54) is 0 Å². The van der Waals surface area contributed by atoms with E-state index in [1.54, 1.807) is 4.90 Å². The van der Waals surface area contributed by atoms with E-state index in [9.17, 15) is 9.59 Å². The molecule has 3 rings (SSSR count). The van der Waals surface area contributed by atoms with E-state index in [0.717, 1.165) is 24.0 Å². The van der Waals surface area contributed by atoms with Crippen LogP contribution in [0.2, 0.25) is 0 Å². The fourth-order valence-electron chi connectivity index (χ4n) is 3.17. The maximum atomic E-state index is 12.8. The fraction of sp³-hybridized carbons (Fsp3) is 0.364. The molecule has 0 aliphatic heterocycles. The Balaban J connectivity index is 1.71. The molecule has 136 valence electrons. The van der Waals surface area contributed by atoms with Gasteiger partial charge >= 0.3 is 11.8 Å². The molecule has 1 atom stereocenters. The first-order chi connectivity index (χ1) is 12.6. The molecule has 0 heterocycles. The van der Waals surface area contributed by atoms with Gasteiger partial charge in [0.15, 0.2) is 0 Å². The van der Waals surface area contributed by atoms with Crippen molar-refractivity contribution in [1.82, 2.24) is 10.2 Å². The van der Waals surface area contributed by atoms with Crippen LogP contribution in [-0.4, -0.2) is 22.8 Å². The standard InChI is InChI=1S/C22H26N2O2/c1-16(2)24(15-17-9-5-3-6-10-17)22(26)21(25)23-20(19-13-14-19)18-11-7-4-8-12-18/h3-12,16,19-20H,13-15H2,1-2H3,(H,23,25). The van der Waals surface area contributed by atoms with Gasteiger partial charge in [0.2, 0.25) is 0 Å². The van der Waals surface area contributed by atoms with E-state index < -0.39 is 11.8 Å². The number of nitrogens with one attached hydrogen (secondary N) is 1. The summed E-state index contributed by atoms with van der Waals surface area (Å²) in [6.45, 7) is 4.30. The summed E-state index contributed by atoms with van der Waals surface area (Å²) in [5.41, 5.74) is 2.08.